The first-order valence-electron chi connectivity index (χ1n) is 5.63. The maximum atomic E-state index is 11.5. The van der Waals surface area contributed by atoms with Gasteiger partial charge in [-0.1, -0.05) is 24.3 Å². The Labute approximate surface area is 106 Å². The van der Waals surface area contributed by atoms with Gasteiger partial charge in [0.2, 0.25) is 5.91 Å². The van der Waals surface area contributed by atoms with Gasteiger partial charge in [0.15, 0.2) is 0 Å². The number of carbonyl (C=O) groups excluding carboxylic acids is 1. The smallest absolute Gasteiger partial charge is 0.423 e. The lowest BCUT2D eigenvalue weighted by atomic mass is 9.80. The molecule has 1 unspecified atom stereocenters. The molecule has 0 saturated carbocycles. The minimum absolute atomic E-state index is 0.123. The Balaban J connectivity index is 2.53. The summed E-state index contributed by atoms with van der Waals surface area (Å²) >= 11 is 0. The molecule has 18 heavy (non-hydrogen) atoms. The molecule has 1 rings (SSSR count). The number of nitrogens with one attached hydrogen (secondary N) is 1. The predicted molar refractivity (Wildman–Crippen MR) is 68.0 cm³/mol. The first-order chi connectivity index (χ1) is 8.54. The van der Waals surface area contributed by atoms with Gasteiger partial charge in [-0.05, 0) is 17.4 Å². The van der Waals surface area contributed by atoms with Crippen LogP contribution in [-0.4, -0.2) is 47.4 Å². The molecule has 0 bridgehead atoms. The monoisotopic (exact) mass is 252 g/mol. The van der Waals surface area contributed by atoms with Crippen LogP contribution in [0.1, 0.15) is 5.56 Å². The van der Waals surface area contributed by atoms with Crippen LogP contribution in [0.2, 0.25) is 0 Å². The molecular weight excluding hydrogens is 235 g/mol. The lowest BCUT2D eigenvalue weighted by Gasteiger charge is -2.12. The van der Waals surface area contributed by atoms with Crippen LogP contribution in [0, 0.1) is 0 Å². The fraction of sp³-hybridized carbons (Fsp3) is 0.364. The number of nitrogens with two attached hydrogens (primary N) is 1. The van der Waals surface area contributed by atoms with E-state index in [4.69, 9.17) is 20.9 Å². The lowest BCUT2D eigenvalue weighted by Crippen LogP contribution is -2.43. The summed E-state index contributed by atoms with van der Waals surface area (Å²) < 4.78 is 0. The summed E-state index contributed by atoms with van der Waals surface area (Å²) in [6, 6.07) is 5.82. The van der Waals surface area contributed by atoms with Gasteiger partial charge in [-0.3, -0.25) is 4.79 Å². The van der Waals surface area contributed by atoms with Crippen LogP contribution in [-0.2, 0) is 11.2 Å². The fourth-order valence-corrected chi connectivity index (χ4v) is 1.48. The van der Waals surface area contributed by atoms with Gasteiger partial charge in [-0.15, -0.1) is 0 Å². The second-order valence-corrected chi connectivity index (χ2v) is 3.94. The molecule has 98 valence electrons. The summed E-state index contributed by atoms with van der Waals surface area (Å²) in [5.41, 5.74) is 6.91. The second-order valence-electron chi connectivity index (χ2n) is 3.94. The summed E-state index contributed by atoms with van der Waals surface area (Å²) in [7, 11) is -1.50. The van der Waals surface area contributed by atoms with Crippen molar-refractivity contribution in [2.75, 3.05) is 13.2 Å². The quantitative estimate of drug-likeness (QED) is 0.354. The van der Waals surface area contributed by atoms with Crippen LogP contribution in [0.15, 0.2) is 24.3 Å². The molecular formula is C11H17BN2O4. The number of hydrogen-bond acceptors (Lipinski definition) is 5. The van der Waals surface area contributed by atoms with E-state index in [0.29, 0.717) is 11.9 Å². The molecule has 1 aromatic rings. The molecule has 1 aromatic carbocycles. The molecule has 0 aromatic heterocycles. The van der Waals surface area contributed by atoms with E-state index in [1.165, 1.54) is 0 Å². The van der Waals surface area contributed by atoms with E-state index in [1.54, 1.807) is 24.3 Å². The first-order valence-corrected chi connectivity index (χ1v) is 5.63. The molecule has 0 aliphatic heterocycles. The van der Waals surface area contributed by atoms with Crippen molar-refractivity contribution in [1.29, 1.82) is 0 Å². The van der Waals surface area contributed by atoms with Crippen molar-refractivity contribution in [3.8, 4) is 0 Å². The minimum atomic E-state index is -1.50. The summed E-state index contributed by atoms with van der Waals surface area (Å²) in [6.07, 6.45) is 0.346. The molecule has 0 radical (unpaired) electrons. The van der Waals surface area contributed by atoms with Crippen LogP contribution >= 0.6 is 0 Å². The fourth-order valence-electron chi connectivity index (χ4n) is 1.48. The molecule has 0 saturated heterocycles. The first kappa shape index (κ1) is 14.7. The number of amides is 1. The van der Waals surface area contributed by atoms with Gasteiger partial charge in [-0.2, -0.15) is 0 Å². The third-order valence-electron chi connectivity index (χ3n) is 2.48. The minimum Gasteiger partial charge on any atom is -0.423 e. The maximum Gasteiger partial charge on any atom is 0.488 e. The predicted octanol–water partition coefficient (Wildman–Crippen LogP) is -2.66. The largest absolute Gasteiger partial charge is 0.488 e. The highest BCUT2D eigenvalue weighted by atomic mass is 16.4. The van der Waals surface area contributed by atoms with E-state index in [2.05, 4.69) is 5.32 Å². The highest BCUT2D eigenvalue weighted by Crippen LogP contribution is 2.01. The van der Waals surface area contributed by atoms with E-state index in [1.807, 2.05) is 0 Å². The Morgan fingerprint density at radius 1 is 1.33 bits per heavy atom. The average molecular weight is 252 g/mol. The Kier molecular flexibility index (Phi) is 5.80. The highest BCUT2D eigenvalue weighted by molar-refractivity contribution is 6.58. The van der Waals surface area contributed by atoms with Crippen LogP contribution in [0.4, 0.5) is 0 Å². The zero-order valence-corrected chi connectivity index (χ0v) is 9.91. The summed E-state index contributed by atoms with van der Waals surface area (Å²) in [5, 5.41) is 28.9. The van der Waals surface area contributed by atoms with Gasteiger partial charge in [0.1, 0.15) is 0 Å². The van der Waals surface area contributed by atoms with Gasteiger partial charge in [-0.25, -0.2) is 0 Å². The number of benzene rings is 1. The zero-order chi connectivity index (χ0) is 13.5. The van der Waals surface area contributed by atoms with Crippen molar-refractivity contribution in [1.82, 2.24) is 5.32 Å². The SMILES string of the molecule is NC(Cc1ccc(B(O)O)cc1)C(=O)NCCO. The summed E-state index contributed by atoms with van der Waals surface area (Å²) in [4.78, 5) is 11.5. The Morgan fingerprint density at radius 3 is 2.44 bits per heavy atom. The molecule has 0 aliphatic carbocycles. The van der Waals surface area contributed by atoms with Crippen molar-refractivity contribution in [3.63, 3.8) is 0 Å². The van der Waals surface area contributed by atoms with E-state index >= 15 is 0 Å². The summed E-state index contributed by atoms with van der Waals surface area (Å²) in [6.45, 7) is 0.0592. The van der Waals surface area contributed by atoms with Gasteiger partial charge in [0, 0.05) is 6.54 Å². The van der Waals surface area contributed by atoms with Crippen molar-refractivity contribution in [2.45, 2.75) is 12.5 Å². The Hall–Kier alpha value is -1.41. The third-order valence-corrected chi connectivity index (χ3v) is 2.48. The van der Waals surface area contributed by atoms with Gasteiger partial charge in [0.25, 0.3) is 0 Å². The average Bonchev–Trinajstić information content (AvgIpc) is 2.36. The van der Waals surface area contributed by atoms with E-state index in [0.717, 1.165) is 5.56 Å². The standard InChI is InChI=1S/C11H17BN2O4/c13-10(11(16)14-5-6-15)7-8-1-3-9(4-2-8)12(17)18/h1-4,10,15,17-18H,5-7,13H2,(H,14,16). The van der Waals surface area contributed by atoms with Crippen LogP contribution < -0.4 is 16.5 Å². The maximum absolute atomic E-state index is 11.5. The third kappa shape index (κ3) is 4.46. The van der Waals surface area contributed by atoms with Crippen LogP contribution in [0.3, 0.4) is 0 Å². The van der Waals surface area contributed by atoms with Gasteiger partial charge < -0.3 is 26.2 Å². The van der Waals surface area contributed by atoms with Crippen LogP contribution in [0.25, 0.3) is 0 Å². The highest BCUT2D eigenvalue weighted by Gasteiger charge is 2.14. The van der Waals surface area contributed by atoms with Crippen molar-refractivity contribution in [3.05, 3.63) is 29.8 Å². The second kappa shape index (κ2) is 7.12. The molecule has 1 amide bonds. The molecule has 6 nitrogen and oxygen atoms in total. The lowest BCUT2D eigenvalue weighted by molar-refractivity contribution is -0.122. The van der Waals surface area contributed by atoms with E-state index in [9.17, 15) is 4.79 Å². The number of hydrogen-bond donors (Lipinski definition) is 5. The van der Waals surface area contributed by atoms with Crippen LogP contribution in [0.5, 0.6) is 0 Å². The molecule has 0 fully saturated rings. The Bertz CT molecular complexity index is 383. The number of aliphatic hydroxyl groups excluding tert-OH is 1. The molecule has 7 heteroatoms. The van der Waals surface area contributed by atoms with Crippen molar-refractivity contribution >= 4 is 18.5 Å². The van der Waals surface area contributed by atoms with E-state index in [-0.39, 0.29) is 19.1 Å². The number of carbonyl (C=O) groups is 1. The molecule has 6 N–H and O–H groups in total. The van der Waals surface area contributed by atoms with E-state index < -0.39 is 13.2 Å². The zero-order valence-electron chi connectivity index (χ0n) is 9.91. The van der Waals surface area contributed by atoms with Crippen molar-refractivity contribution < 1.29 is 19.9 Å². The molecule has 0 aliphatic rings. The molecule has 0 spiro atoms. The number of rotatable bonds is 6. The van der Waals surface area contributed by atoms with Gasteiger partial charge >= 0.3 is 7.12 Å². The van der Waals surface area contributed by atoms with Crippen molar-refractivity contribution in [2.24, 2.45) is 5.73 Å². The number of aliphatic hydroxyl groups is 1. The molecule has 0 heterocycles. The van der Waals surface area contributed by atoms with Gasteiger partial charge in [0.05, 0.1) is 12.6 Å². The normalized spacial score (nSPS) is 12.0. The topological polar surface area (TPSA) is 116 Å². The summed E-state index contributed by atoms with van der Waals surface area (Å²) in [5.74, 6) is -0.324. The molecule has 1 atom stereocenters. The Morgan fingerprint density at radius 2 is 1.94 bits per heavy atom.